The molecule has 1 saturated carbocycles. The molecule has 0 amide bonds. The average Bonchev–Trinajstić information content (AvgIpc) is 3.05. The third-order valence-corrected chi connectivity index (χ3v) is 3.64. The van der Waals surface area contributed by atoms with Crippen LogP contribution >= 0.6 is 0 Å². The second-order valence-electron chi connectivity index (χ2n) is 4.86. The van der Waals surface area contributed by atoms with Gasteiger partial charge in [0, 0.05) is 17.6 Å². The van der Waals surface area contributed by atoms with Gasteiger partial charge in [-0.3, -0.25) is 4.98 Å². The quantitative estimate of drug-likeness (QED) is 0.831. The number of aromatic nitrogens is 1. The van der Waals surface area contributed by atoms with Gasteiger partial charge in [-0.05, 0) is 42.0 Å². The zero-order valence-electron chi connectivity index (χ0n) is 9.43. The van der Waals surface area contributed by atoms with Crippen LogP contribution in [0, 0.1) is 11.8 Å². The predicted molar refractivity (Wildman–Crippen MR) is 65.9 cm³/mol. The summed E-state index contributed by atoms with van der Waals surface area (Å²) in [6, 6.07) is 10.6. The molecule has 1 aromatic heterocycles. The van der Waals surface area contributed by atoms with E-state index in [4.69, 9.17) is 5.73 Å². The van der Waals surface area contributed by atoms with Gasteiger partial charge in [-0.25, -0.2) is 0 Å². The molecule has 2 aromatic rings. The van der Waals surface area contributed by atoms with Crippen molar-refractivity contribution in [2.24, 2.45) is 17.6 Å². The number of hydrogen-bond acceptors (Lipinski definition) is 2. The van der Waals surface area contributed by atoms with Crippen LogP contribution in [0.2, 0.25) is 0 Å². The molecular formula is C14H16N2. The fourth-order valence-corrected chi connectivity index (χ4v) is 2.40. The van der Waals surface area contributed by atoms with E-state index in [9.17, 15) is 0 Å². The van der Waals surface area contributed by atoms with E-state index >= 15 is 0 Å². The predicted octanol–water partition coefficient (Wildman–Crippen LogP) is 2.89. The van der Waals surface area contributed by atoms with E-state index in [0.717, 1.165) is 11.4 Å². The summed E-state index contributed by atoms with van der Waals surface area (Å²) in [6.45, 7) is 2.27. The minimum absolute atomic E-state index is 0.194. The average molecular weight is 212 g/mol. The van der Waals surface area contributed by atoms with Gasteiger partial charge in [-0.15, -0.1) is 0 Å². The Morgan fingerprint density at radius 2 is 2.19 bits per heavy atom. The lowest BCUT2D eigenvalue weighted by Crippen LogP contribution is -2.13. The molecule has 0 aliphatic heterocycles. The van der Waals surface area contributed by atoms with E-state index in [0.29, 0.717) is 5.92 Å². The van der Waals surface area contributed by atoms with Crippen molar-refractivity contribution < 1.29 is 0 Å². The first-order valence-corrected chi connectivity index (χ1v) is 5.86. The molecule has 1 aliphatic carbocycles. The smallest absolute Gasteiger partial charge is 0.0702 e. The van der Waals surface area contributed by atoms with Crippen molar-refractivity contribution >= 4 is 10.9 Å². The van der Waals surface area contributed by atoms with Crippen LogP contribution in [-0.2, 0) is 0 Å². The highest BCUT2D eigenvalue weighted by Crippen LogP contribution is 2.45. The molecule has 2 nitrogen and oxygen atoms in total. The van der Waals surface area contributed by atoms with E-state index in [-0.39, 0.29) is 6.04 Å². The van der Waals surface area contributed by atoms with Crippen LogP contribution in [0.1, 0.15) is 24.9 Å². The van der Waals surface area contributed by atoms with Gasteiger partial charge in [0.25, 0.3) is 0 Å². The fraction of sp³-hybridized carbons (Fsp3) is 0.357. The standard InChI is InChI=1S/C14H16N2/c1-9-7-12(9)14(15)11-4-5-13-10(8-11)3-2-6-16-13/h2-6,8-9,12,14H,7,15H2,1H3. The summed E-state index contributed by atoms with van der Waals surface area (Å²) in [4.78, 5) is 4.32. The Kier molecular flexibility index (Phi) is 2.18. The van der Waals surface area contributed by atoms with E-state index in [1.54, 1.807) is 0 Å². The Hall–Kier alpha value is -1.41. The number of hydrogen-bond donors (Lipinski definition) is 1. The first-order chi connectivity index (χ1) is 7.75. The molecule has 3 atom stereocenters. The van der Waals surface area contributed by atoms with E-state index in [2.05, 4.69) is 36.2 Å². The van der Waals surface area contributed by atoms with E-state index in [1.165, 1.54) is 17.4 Å². The third kappa shape index (κ3) is 1.59. The summed E-state index contributed by atoms with van der Waals surface area (Å²) >= 11 is 0. The lowest BCUT2D eigenvalue weighted by atomic mass is 10.0. The van der Waals surface area contributed by atoms with Crippen LogP contribution in [0.15, 0.2) is 36.5 Å². The molecule has 0 radical (unpaired) electrons. The van der Waals surface area contributed by atoms with Crippen LogP contribution in [0.4, 0.5) is 0 Å². The molecule has 1 aromatic carbocycles. The normalized spacial score (nSPS) is 25.6. The minimum Gasteiger partial charge on any atom is -0.324 e. The van der Waals surface area contributed by atoms with Crippen molar-refractivity contribution in [3.63, 3.8) is 0 Å². The molecule has 2 N–H and O–H groups in total. The number of pyridine rings is 1. The maximum atomic E-state index is 6.26. The molecule has 82 valence electrons. The Balaban J connectivity index is 1.98. The second-order valence-corrected chi connectivity index (χ2v) is 4.86. The molecule has 0 saturated heterocycles. The van der Waals surface area contributed by atoms with Crippen molar-refractivity contribution in [3.8, 4) is 0 Å². The molecule has 1 heterocycles. The SMILES string of the molecule is CC1CC1C(N)c1ccc2ncccc2c1. The van der Waals surface area contributed by atoms with Crippen molar-refractivity contribution in [1.29, 1.82) is 0 Å². The van der Waals surface area contributed by atoms with Crippen LogP contribution in [0.25, 0.3) is 10.9 Å². The summed E-state index contributed by atoms with van der Waals surface area (Å²) < 4.78 is 0. The Labute approximate surface area is 95.5 Å². The van der Waals surface area contributed by atoms with Gasteiger partial charge in [0.1, 0.15) is 0 Å². The van der Waals surface area contributed by atoms with Crippen molar-refractivity contribution in [2.45, 2.75) is 19.4 Å². The third-order valence-electron chi connectivity index (χ3n) is 3.64. The van der Waals surface area contributed by atoms with Crippen molar-refractivity contribution in [2.75, 3.05) is 0 Å². The number of nitrogens with zero attached hydrogens (tertiary/aromatic N) is 1. The molecule has 16 heavy (non-hydrogen) atoms. The van der Waals surface area contributed by atoms with Crippen LogP contribution in [-0.4, -0.2) is 4.98 Å². The zero-order valence-corrected chi connectivity index (χ0v) is 9.43. The van der Waals surface area contributed by atoms with Gasteiger partial charge in [0.2, 0.25) is 0 Å². The van der Waals surface area contributed by atoms with Crippen molar-refractivity contribution in [3.05, 3.63) is 42.1 Å². The first-order valence-electron chi connectivity index (χ1n) is 5.86. The fourth-order valence-electron chi connectivity index (χ4n) is 2.40. The van der Waals surface area contributed by atoms with Gasteiger partial charge in [-0.1, -0.05) is 19.1 Å². The lowest BCUT2D eigenvalue weighted by Gasteiger charge is -2.11. The molecular weight excluding hydrogens is 196 g/mol. The van der Waals surface area contributed by atoms with E-state index < -0.39 is 0 Å². The summed E-state index contributed by atoms with van der Waals surface area (Å²) in [5.41, 5.74) is 8.55. The number of rotatable bonds is 2. The summed E-state index contributed by atoms with van der Waals surface area (Å²) in [5, 5.41) is 1.18. The number of benzene rings is 1. The minimum atomic E-state index is 0.194. The molecule has 3 unspecified atom stereocenters. The molecule has 2 heteroatoms. The van der Waals surface area contributed by atoms with Crippen LogP contribution in [0.3, 0.4) is 0 Å². The summed E-state index contributed by atoms with van der Waals surface area (Å²) in [7, 11) is 0. The topological polar surface area (TPSA) is 38.9 Å². The van der Waals surface area contributed by atoms with Crippen LogP contribution in [0.5, 0.6) is 0 Å². The van der Waals surface area contributed by atoms with E-state index in [1.807, 2.05) is 12.3 Å². The van der Waals surface area contributed by atoms with Gasteiger partial charge in [-0.2, -0.15) is 0 Å². The maximum Gasteiger partial charge on any atom is 0.0702 e. The Bertz CT molecular complexity index is 521. The summed E-state index contributed by atoms with van der Waals surface area (Å²) in [5.74, 6) is 1.47. The largest absolute Gasteiger partial charge is 0.324 e. The monoisotopic (exact) mass is 212 g/mol. The van der Waals surface area contributed by atoms with Gasteiger partial charge >= 0.3 is 0 Å². The Morgan fingerprint density at radius 3 is 2.94 bits per heavy atom. The number of fused-ring (bicyclic) bond motifs is 1. The molecule has 0 bridgehead atoms. The number of nitrogens with two attached hydrogens (primary N) is 1. The second kappa shape index (κ2) is 3.56. The zero-order chi connectivity index (χ0) is 11.1. The highest BCUT2D eigenvalue weighted by molar-refractivity contribution is 5.79. The highest BCUT2D eigenvalue weighted by atomic mass is 14.7. The first kappa shape index (κ1) is 9.79. The van der Waals surface area contributed by atoms with Gasteiger partial charge < -0.3 is 5.73 Å². The van der Waals surface area contributed by atoms with Crippen LogP contribution < -0.4 is 5.73 Å². The Morgan fingerprint density at radius 1 is 1.38 bits per heavy atom. The van der Waals surface area contributed by atoms with Crippen molar-refractivity contribution in [1.82, 2.24) is 4.98 Å². The summed E-state index contributed by atoms with van der Waals surface area (Å²) in [6.07, 6.45) is 3.09. The van der Waals surface area contributed by atoms with Gasteiger partial charge in [0.05, 0.1) is 5.52 Å². The highest BCUT2D eigenvalue weighted by Gasteiger charge is 2.38. The molecule has 3 rings (SSSR count). The van der Waals surface area contributed by atoms with Gasteiger partial charge in [0.15, 0.2) is 0 Å². The molecule has 1 aliphatic rings. The lowest BCUT2D eigenvalue weighted by molar-refractivity contribution is 0.594. The molecule has 0 spiro atoms. The molecule has 1 fully saturated rings. The maximum absolute atomic E-state index is 6.26.